The molecular weight excluding hydrogens is 726 g/mol. The van der Waals surface area contributed by atoms with E-state index in [1.165, 1.54) is 64.4 Å². The van der Waals surface area contributed by atoms with Crippen LogP contribution >= 0.6 is 0 Å². The van der Waals surface area contributed by atoms with Crippen molar-refractivity contribution in [1.82, 2.24) is 5.32 Å². The predicted molar refractivity (Wildman–Crippen MR) is 222 cm³/mol. The molecule has 1 amide bonds. The van der Waals surface area contributed by atoms with Gasteiger partial charge in [0.2, 0.25) is 5.91 Å². The molecule has 0 spiro atoms. The Morgan fingerprint density at radius 1 is 0.836 bits per heavy atom. The van der Waals surface area contributed by atoms with E-state index in [1.807, 2.05) is 41.5 Å². The molecule has 4 atom stereocenters. The summed E-state index contributed by atoms with van der Waals surface area (Å²) in [5.41, 5.74) is 0.128. The molecule has 9 nitrogen and oxygen atoms in total. The van der Waals surface area contributed by atoms with E-state index < -0.39 is 21.4 Å². The minimum atomic E-state index is -4.32. The number of amides is 1. The van der Waals surface area contributed by atoms with Crippen LogP contribution in [-0.2, 0) is 34.0 Å². The number of nitrogens with one attached hydrogen (secondary N) is 1. The molecular formula is C44H80NNaO8S. The van der Waals surface area contributed by atoms with Crippen LogP contribution in [0.5, 0.6) is 0 Å². The molecule has 0 aromatic heterocycles. The van der Waals surface area contributed by atoms with Gasteiger partial charge in [-0.25, -0.2) is 8.42 Å². The minimum absolute atomic E-state index is 0. The van der Waals surface area contributed by atoms with E-state index in [4.69, 9.17) is 9.47 Å². The van der Waals surface area contributed by atoms with Gasteiger partial charge >= 0.3 is 41.5 Å². The normalized spacial score (nSPS) is 15.3. The Bertz CT molecular complexity index is 1250. The molecule has 4 unspecified atom stereocenters. The van der Waals surface area contributed by atoms with Crippen molar-refractivity contribution in [2.24, 2.45) is 23.2 Å². The zero-order valence-corrected chi connectivity index (χ0v) is 40.4. The first-order chi connectivity index (χ1) is 25.1. The molecule has 1 aliphatic rings. The van der Waals surface area contributed by atoms with Crippen molar-refractivity contribution in [3.8, 4) is 0 Å². The van der Waals surface area contributed by atoms with Crippen molar-refractivity contribution >= 4 is 28.0 Å². The molecule has 0 radical (unpaired) electrons. The van der Waals surface area contributed by atoms with Crippen LogP contribution in [-0.4, -0.2) is 54.8 Å². The summed E-state index contributed by atoms with van der Waals surface area (Å²) < 4.78 is 42.5. The van der Waals surface area contributed by atoms with Gasteiger partial charge in [0.05, 0.1) is 33.8 Å². The molecule has 0 saturated heterocycles. The summed E-state index contributed by atoms with van der Waals surface area (Å²) in [6, 6.07) is 10.6. The summed E-state index contributed by atoms with van der Waals surface area (Å²) in [4.78, 5) is 34.7. The van der Waals surface area contributed by atoms with Crippen LogP contribution in [0.2, 0.25) is 0 Å². The molecule has 2 rings (SSSR count). The van der Waals surface area contributed by atoms with E-state index >= 15 is 0 Å². The second-order valence-electron chi connectivity index (χ2n) is 16.4. The van der Waals surface area contributed by atoms with Crippen LogP contribution in [0.25, 0.3) is 0 Å². The van der Waals surface area contributed by atoms with Gasteiger partial charge in [0.1, 0.15) is 6.10 Å². The molecule has 1 fully saturated rings. The topological polar surface area (TPSA) is 139 Å². The van der Waals surface area contributed by atoms with E-state index in [1.54, 1.807) is 6.92 Å². The second kappa shape index (κ2) is 31.5. The van der Waals surface area contributed by atoms with Gasteiger partial charge < -0.3 is 19.3 Å². The van der Waals surface area contributed by atoms with Gasteiger partial charge in [0, 0.05) is 11.5 Å². The Hall–Kier alpha value is -1.46. The van der Waals surface area contributed by atoms with E-state index in [9.17, 15) is 27.4 Å². The Morgan fingerprint density at radius 3 is 1.82 bits per heavy atom. The van der Waals surface area contributed by atoms with Crippen LogP contribution in [0.4, 0.5) is 0 Å². The van der Waals surface area contributed by atoms with Crippen molar-refractivity contribution in [3.63, 3.8) is 0 Å². The van der Waals surface area contributed by atoms with Crippen LogP contribution in [0.3, 0.4) is 0 Å². The average Bonchev–Trinajstić information content (AvgIpc) is 3.14. The number of benzene rings is 1. The summed E-state index contributed by atoms with van der Waals surface area (Å²) in [6.07, 6.45) is 14.4. The number of carbonyl (C=O) groups excluding carboxylic acids is 3. The fourth-order valence-electron chi connectivity index (χ4n) is 5.18. The van der Waals surface area contributed by atoms with Crippen molar-refractivity contribution in [2.75, 3.05) is 12.4 Å². The molecule has 1 saturated carbocycles. The molecule has 0 aliphatic heterocycles. The number of unbranched alkanes of at least 4 members (excludes halogenated alkanes) is 1. The van der Waals surface area contributed by atoms with Crippen LogP contribution < -0.4 is 34.9 Å². The maximum Gasteiger partial charge on any atom is 1.00 e. The van der Waals surface area contributed by atoms with Gasteiger partial charge in [-0.15, -0.1) is 0 Å². The first-order valence-electron chi connectivity index (χ1n) is 20.8. The standard InChI is InChI=1S/C13H26O2.C12H22O2.C10H14.C9H19NO4S.Na/c1-5-8-9-12(7-3)10-15-13(14)11(4)6-2;1-4-12(2,3)11(13)14-10-8-6-5-7-9-10;1-3-9(2)10-7-5-4-6-8-10;1-5-7(2)8(11)10-9(3,4)6-15(12,13)14;/h11-12H,5-10H2,1-4H3;10H,4-9H2,1-3H3;4-9H,3H2,1-2H3;7H,5-6H2,1-4H3,(H,10,11)(H,12,13,14);/q;;;;+1/p-1. The SMILES string of the molecule is CCC(C)(C)C(=O)OC1CCCCC1.CCC(C)C(=O)NC(C)(C)CS(=O)(=O)[O-].CCC(C)c1ccccc1.CCCCC(CC)COC(=O)C(C)CC.[Na+]. The van der Waals surface area contributed by atoms with Crippen LogP contribution in [0.1, 0.15) is 185 Å². The molecule has 55 heavy (non-hydrogen) atoms. The molecule has 1 aliphatic carbocycles. The van der Waals surface area contributed by atoms with E-state index in [0.717, 1.165) is 32.1 Å². The van der Waals surface area contributed by atoms with Gasteiger partial charge in [0.25, 0.3) is 0 Å². The minimum Gasteiger partial charge on any atom is -0.748 e. The Morgan fingerprint density at radius 2 is 1.38 bits per heavy atom. The van der Waals surface area contributed by atoms with Gasteiger partial charge in [-0.3, -0.25) is 14.4 Å². The Labute approximate surface area is 360 Å². The molecule has 1 aromatic rings. The zero-order chi connectivity index (χ0) is 42.0. The monoisotopic (exact) mass is 806 g/mol. The first kappa shape index (κ1) is 57.9. The maximum absolute atomic E-state index is 11.7. The number of rotatable bonds is 18. The van der Waals surface area contributed by atoms with Crippen LogP contribution in [0.15, 0.2) is 30.3 Å². The number of ether oxygens (including phenoxy) is 2. The van der Waals surface area contributed by atoms with E-state index in [2.05, 4.69) is 63.3 Å². The van der Waals surface area contributed by atoms with Gasteiger partial charge in [0.15, 0.2) is 0 Å². The Kier molecular flexibility index (Phi) is 33.2. The van der Waals surface area contributed by atoms with Crippen molar-refractivity contribution in [3.05, 3.63) is 35.9 Å². The van der Waals surface area contributed by atoms with Gasteiger partial charge in [-0.1, -0.05) is 118 Å². The molecule has 316 valence electrons. The molecule has 1 N–H and O–H groups in total. The maximum atomic E-state index is 11.7. The zero-order valence-electron chi connectivity index (χ0n) is 37.6. The van der Waals surface area contributed by atoms with E-state index in [-0.39, 0.29) is 70.8 Å². The second-order valence-corrected chi connectivity index (χ2v) is 17.8. The molecule has 0 bridgehead atoms. The average molecular weight is 806 g/mol. The summed E-state index contributed by atoms with van der Waals surface area (Å²) in [6.45, 7) is 26.0. The third kappa shape index (κ3) is 29.4. The fourth-order valence-corrected chi connectivity index (χ4v) is 6.14. The van der Waals surface area contributed by atoms with Crippen LogP contribution in [0, 0.1) is 23.2 Å². The van der Waals surface area contributed by atoms with Gasteiger partial charge in [-0.2, -0.15) is 0 Å². The number of hydrogen-bond donors (Lipinski definition) is 1. The predicted octanol–water partition coefficient (Wildman–Crippen LogP) is 7.77. The van der Waals surface area contributed by atoms with Crippen molar-refractivity contribution in [1.29, 1.82) is 0 Å². The van der Waals surface area contributed by atoms with Crippen molar-refractivity contribution < 1.29 is 66.4 Å². The number of esters is 2. The van der Waals surface area contributed by atoms with Crippen molar-refractivity contribution in [2.45, 2.75) is 191 Å². The largest absolute Gasteiger partial charge is 1.00 e. The molecule has 11 heteroatoms. The molecule has 0 heterocycles. The number of hydrogen-bond acceptors (Lipinski definition) is 8. The van der Waals surface area contributed by atoms with E-state index in [0.29, 0.717) is 24.9 Å². The number of carbonyl (C=O) groups is 3. The summed E-state index contributed by atoms with van der Waals surface area (Å²) in [7, 11) is -4.32. The third-order valence-electron chi connectivity index (χ3n) is 10.3. The third-order valence-corrected chi connectivity index (χ3v) is 11.4. The smallest absolute Gasteiger partial charge is 0.748 e. The summed E-state index contributed by atoms with van der Waals surface area (Å²) in [5.74, 6) is 0.249. The Balaban J connectivity index is -0.000000657. The first-order valence-corrected chi connectivity index (χ1v) is 22.4. The quantitative estimate of drug-likeness (QED) is 0.0903. The summed E-state index contributed by atoms with van der Waals surface area (Å²) in [5, 5.41) is 2.55. The van der Waals surface area contributed by atoms with Gasteiger partial charge in [-0.05, 0) is 103 Å². The fraction of sp³-hybridized carbons (Fsp3) is 0.795. The molecule has 1 aromatic carbocycles. The summed E-state index contributed by atoms with van der Waals surface area (Å²) >= 11 is 0.